The molecule has 1 aromatic heterocycles. The van der Waals surface area contributed by atoms with E-state index < -0.39 is 0 Å². The van der Waals surface area contributed by atoms with E-state index in [0.29, 0.717) is 0 Å². The molecule has 0 aliphatic heterocycles. The predicted octanol–water partition coefficient (Wildman–Crippen LogP) is 4.27. The van der Waals surface area contributed by atoms with Crippen molar-refractivity contribution in [2.45, 2.75) is 19.8 Å². The molecule has 1 N–H and O–H groups in total. The fraction of sp³-hybridized carbons (Fsp3) is 0.200. The number of benzene rings is 2. The molecular weight excluding hydrogens is 194 g/mol. The molecule has 0 saturated carbocycles. The van der Waals surface area contributed by atoms with Crippen molar-refractivity contribution in [1.29, 1.82) is 0 Å². The van der Waals surface area contributed by atoms with Crippen molar-refractivity contribution >= 4 is 21.8 Å². The van der Waals surface area contributed by atoms with Crippen molar-refractivity contribution in [2.75, 3.05) is 0 Å². The van der Waals surface area contributed by atoms with Gasteiger partial charge >= 0.3 is 0 Å². The molecule has 0 spiro atoms. The summed E-state index contributed by atoms with van der Waals surface area (Å²) < 4.78 is 0. The summed E-state index contributed by atoms with van der Waals surface area (Å²) >= 11 is 0. The third-order valence-corrected chi connectivity index (χ3v) is 3.14. The van der Waals surface area contributed by atoms with Crippen molar-refractivity contribution in [3.8, 4) is 0 Å². The molecule has 0 fully saturated rings. The van der Waals surface area contributed by atoms with Gasteiger partial charge in [0.1, 0.15) is 0 Å². The van der Waals surface area contributed by atoms with Crippen LogP contribution in [0.1, 0.15) is 18.9 Å². The van der Waals surface area contributed by atoms with Gasteiger partial charge in [0.25, 0.3) is 0 Å². The third kappa shape index (κ3) is 1.32. The highest BCUT2D eigenvalue weighted by atomic mass is 14.7. The van der Waals surface area contributed by atoms with Gasteiger partial charge in [-0.2, -0.15) is 0 Å². The van der Waals surface area contributed by atoms with Crippen molar-refractivity contribution in [1.82, 2.24) is 4.98 Å². The number of aromatic amines is 1. The Morgan fingerprint density at radius 2 is 1.75 bits per heavy atom. The van der Waals surface area contributed by atoms with Gasteiger partial charge in [-0.1, -0.05) is 43.7 Å². The first-order valence-electron chi connectivity index (χ1n) is 5.88. The van der Waals surface area contributed by atoms with Gasteiger partial charge in [0, 0.05) is 21.8 Å². The van der Waals surface area contributed by atoms with Gasteiger partial charge < -0.3 is 4.98 Å². The second-order valence-electron chi connectivity index (χ2n) is 4.26. The number of aromatic nitrogens is 1. The lowest BCUT2D eigenvalue weighted by atomic mass is 10.0. The molecular formula is C15H15N. The van der Waals surface area contributed by atoms with Gasteiger partial charge in [-0.15, -0.1) is 0 Å². The largest absolute Gasteiger partial charge is 0.355 e. The number of fused-ring (bicyclic) bond motifs is 3. The Kier molecular flexibility index (Phi) is 2.17. The molecule has 3 aromatic rings. The zero-order chi connectivity index (χ0) is 11.0. The van der Waals surface area contributed by atoms with Crippen LogP contribution in [0.5, 0.6) is 0 Å². The van der Waals surface area contributed by atoms with E-state index in [1.807, 2.05) is 0 Å². The SMILES string of the molecule is CCCc1cccc2[nH]c3ccccc3c12. The number of hydrogen-bond acceptors (Lipinski definition) is 0. The number of aryl methyl sites for hydroxylation is 1. The minimum atomic E-state index is 1.15. The molecule has 2 aromatic carbocycles. The van der Waals surface area contributed by atoms with Gasteiger partial charge in [-0.3, -0.25) is 0 Å². The van der Waals surface area contributed by atoms with E-state index in [1.165, 1.54) is 33.8 Å². The van der Waals surface area contributed by atoms with Crippen LogP contribution in [0, 0.1) is 0 Å². The van der Waals surface area contributed by atoms with Crippen LogP contribution in [-0.4, -0.2) is 4.98 Å². The van der Waals surface area contributed by atoms with Crippen LogP contribution in [0.15, 0.2) is 42.5 Å². The van der Waals surface area contributed by atoms with E-state index in [1.54, 1.807) is 0 Å². The molecule has 0 unspecified atom stereocenters. The Morgan fingerprint density at radius 3 is 2.62 bits per heavy atom. The van der Waals surface area contributed by atoms with Crippen LogP contribution in [-0.2, 0) is 6.42 Å². The molecule has 1 heteroatoms. The van der Waals surface area contributed by atoms with Crippen LogP contribution in [0.2, 0.25) is 0 Å². The second kappa shape index (κ2) is 3.67. The predicted molar refractivity (Wildman–Crippen MR) is 69.8 cm³/mol. The van der Waals surface area contributed by atoms with E-state index in [9.17, 15) is 0 Å². The lowest BCUT2D eigenvalue weighted by molar-refractivity contribution is 0.930. The lowest BCUT2D eigenvalue weighted by Gasteiger charge is -2.01. The average Bonchev–Trinajstić information content (AvgIpc) is 2.68. The Hall–Kier alpha value is -1.76. The summed E-state index contributed by atoms with van der Waals surface area (Å²) in [6.07, 6.45) is 2.35. The number of hydrogen-bond donors (Lipinski definition) is 1. The Morgan fingerprint density at radius 1 is 0.938 bits per heavy atom. The first kappa shape index (κ1) is 9.46. The van der Waals surface area contributed by atoms with Crippen LogP contribution >= 0.6 is 0 Å². The highest BCUT2D eigenvalue weighted by Crippen LogP contribution is 2.28. The summed E-state index contributed by atoms with van der Waals surface area (Å²) in [6, 6.07) is 15.1. The minimum Gasteiger partial charge on any atom is -0.355 e. The van der Waals surface area contributed by atoms with Crippen LogP contribution in [0.3, 0.4) is 0 Å². The fourth-order valence-electron chi connectivity index (χ4n) is 2.46. The maximum Gasteiger partial charge on any atom is 0.0467 e. The van der Waals surface area contributed by atoms with Crippen molar-refractivity contribution < 1.29 is 0 Å². The van der Waals surface area contributed by atoms with Gasteiger partial charge in [-0.25, -0.2) is 0 Å². The Balaban J connectivity index is 2.43. The maximum atomic E-state index is 3.48. The molecule has 0 bridgehead atoms. The molecule has 16 heavy (non-hydrogen) atoms. The van der Waals surface area contributed by atoms with Crippen LogP contribution < -0.4 is 0 Å². The topological polar surface area (TPSA) is 15.8 Å². The maximum absolute atomic E-state index is 3.48. The standard InChI is InChI=1S/C15H15N/c1-2-6-11-7-5-10-14-15(11)12-8-3-4-9-13(12)16-14/h3-5,7-10,16H,2,6H2,1H3. The fourth-order valence-corrected chi connectivity index (χ4v) is 2.46. The molecule has 1 heterocycles. The zero-order valence-electron chi connectivity index (χ0n) is 9.46. The van der Waals surface area contributed by atoms with Gasteiger partial charge in [-0.05, 0) is 24.1 Å². The van der Waals surface area contributed by atoms with E-state index in [0.717, 1.165) is 6.42 Å². The smallest absolute Gasteiger partial charge is 0.0467 e. The quantitative estimate of drug-likeness (QED) is 0.648. The molecule has 0 aliphatic carbocycles. The third-order valence-electron chi connectivity index (χ3n) is 3.14. The summed E-state index contributed by atoms with van der Waals surface area (Å²) in [5, 5.41) is 2.75. The van der Waals surface area contributed by atoms with Gasteiger partial charge in [0.15, 0.2) is 0 Å². The molecule has 0 saturated heterocycles. The summed E-state index contributed by atoms with van der Waals surface area (Å²) in [7, 11) is 0. The minimum absolute atomic E-state index is 1.15. The van der Waals surface area contributed by atoms with E-state index in [2.05, 4.69) is 54.4 Å². The van der Waals surface area contributed by atoms with Gasteiger partial charge in [0.2, 0.25) is 0 Å². The van der Waals surface area contributed by atoms with Crippen LogP contribution in [0.4, 0.5) is 0 Å². The van der Waals surface area contributed by atoms with Gasteiger partial charge in [0.05, 0.1) is 0 Å². The molecule has 0 radical (unpaired) electrons. The first-order chi connectivity index (χ1) is 7.90. The number of nitrogens with one attached hydrogen (secondary N) is 1. The number of para-hydroxylation sites is 1. The van der Waals surface area contributed by atoms with Crippen molar-refractivity contribution in [3.63, 3.8) is 0 Å². The summed E-state index contributed by atoms with van der Waals surface area (Å²) in [5.41, 5.74) is 3.95. The second-order valence-corrected chi connectivity index (χ2v) is 4.26. The Bertz CT molecular complexity index is 634. The summed E-state index contributed by atoms with van der Waals surface area (Å²) in [4.78, 5) is 3.48. The lowest BCUT2D eigenvalue weighted by Crippen LogP contribution is -1.83. The average molecular weight is 209 g/mol. The highest BCUT2D eigenvalue weighted by Gasteiger charge is 2.06. The summed E-state index contributed by atoms with van der Waals surface area (Å²) in [5.74, 6) is 0. The zero-order valence-corrected chi connectivity index (χ0v) is 9.46. The van der Waals surface area contributed by atoms with Crippen molar-refractivity contribution in [3.05, 3.63) is 48.0 Å². The summed E-state index contributed by atoms with van der Waals surface area (Å²) in [6.45, 7) is 2.23. The molecule has 3 rings (SSSR count). The number of rotatable bonds is 2. The first-order valence-corrected chi connectivity index (χ1v) is 5.88. The van der Waals surface area contributed by atoms with Crippen LogP contribution in [0.25, 0.3) is 21.8 Å². The molecule has 1 nitrogen and oxygen atoms in total. The molecule has 0 aliphatic rings. The van der Waals surface area contributed by atoms with Crippen molar-refractivity contribution in [2.24, 2.45) is 0 Å². The van der Waals surface area contributed by atoms with E-state index >= 15 is 0 Å². The highest BCUT2D eigenvalue weighted by molar-refractivity contribution is 6.08. The Labute approximate surface area is 95.1 Å². The number of H-pyrrole nitrogens is 1. The normalized spacial score (nSPS) is 11.3. The molecule has 80 valence electrons. The molecule has 0 amide bonds. The monoisotopic (exact) mass is 209 g/mol. The van der Waals surface area contributed by atoms with E-state index in [-0.39, 0.29) is 0 Å². The molecule has 0 atom stereocenters. The van der Waals surface area contributed by atoms with E-state index in [4.69, 9.17) is 0 Å².